The predicted molar refractivity (Wildman–Crippen MR) is 93.1 cm³/mol. The fourth-order valence-corrected chi connectivity index (χ4v) is 2.75. The molecule has 0 fully saturated rings. The SMILES string of the molecule is Cc1ccccc1Cn1nc(C)c(NC(=O)c2ccnn2C)c1C. The van der Waals surface area contributed by atoms with Crippen molar-refractivity contribution in [2.24, 2.45) is 7.05 Å². The predicted octanol–water partition coefficient (Wildman–Crippen LogP) is 2.84. The Morgan fingerprint density at radius 1 is 1.17 bits per heavy atom. The summed E-state index contributed by atoms with van der Waals surface area (Å²) in [5, 5.41) is 11.6. The second-order valence-corrected chi connectivity index (χ2v) is 5.92. The molecule has 0 saturated heterocycles. The quantitative estimate of drug-likeness (QED) is 0.803. The van der Waals surface area contributed by atoms with Crippen LogP contribution in [-0.2, 0) is 13.6 Å². The van der Waals surface area contributed by atoms with Crippen molar-refractivity contribution in [2.75, 3.05) is 5.32 Å². The van der Waals surface area contributed by atoms with Gasteiger partial charge in [-0.1, -0.05) is 24.3 Å². The van der Waals surface area contributed by atoms with E-state index in [1.165, 1.54) is 11.1 Å². The first kappa shape index (κ1) is 16.0. The average Bonchev–Trinajstić information content (AvgIpc) is 3.08. The molecule has 2 aromatic heterocycles. The Balaban J connectivity index is 1.86. The first-order valence-corrected chi connectivity index (χ1v) is 7.85. The number of aryl methyl sites for hydroxylation is 3. The fraction of sp³-hybridized carbons (Fsp3) is 0.278. The fourth-order valence-electron chi connectivity index (χ4n) is 2.75. The molecule has 24 heavy (non-hydrogen) atoms. The number of amides is 1. The van der Waals surface area contributed by atoms with Crippen LogP contribution in [0.2, 0.25) is 0 Å². The first-order chi connectivity index (χ1) is 11.5. The van der Waals surface area contributed by atoms with E-state index in [9.17, 15) is 4.79 Å². The molecule has 3 rings (SSSR count). The summed E-state index contributed by atoms with van der Waals surface area (Å²) in [5.74, 6) is -0.184. The van der Waals surface area contributed by atoms with E-state index in [0.29, 0.717) is 12.2 Å². The number of nitrogens with one attached hydrogen (secondary N) is 1. The normalized spacial score (nSPS) is 10.8. The van der Waals surface area contributed by atoms with Gasteiger partial charge in [-0.25, -0.2) is 0 Å². The van der Waals surface area contributed by atoms with Gasteiger partial charge >= 0.3 is 0 Å². The Morgan fingerprint density at radius 3 is 2.58 bits per heavy atom. The standard InChI is InChI=1S/C18H21N5O/c1-12-7-5-6-8-15(12)11-23-14(3)17(13(2)21-23)20-18(24)16-9-10-19-22(16)4/h5-10H,11H2,1-4H3,(H,20,24). The molecule has 0 saturated carbocycles. The van der Waals surface area contributed by atoms with Gasteiger partial charge in [-0.2, -0.15) is 10.2 Å². The molecule has 6 nitrogen and oxygen atoms in total. The molecular formula is C18H21N5O. The number of rotatable bonds is 4. The number of nitrogens with zero attached hydrogens (tertiary/aromatic N) is 4. The highest BCUT2D eigenvalue weighted by Gasteiger charge is 2.17. The third-order valence-electron chi connectivity index (χ3n) is 4.25. The molecule has 0 radical (unpaired) electrons. The van der Waals surface area contributed by atoms with Gasteiger partial charge in [0.1, 0.15) is 5.69 Å². The van der Waals surface area contributed by atoms with E-state index in [1.54, 1.807) is 24.0 Å². The first-order valence-electron chi connectivity index (χ1n) is 7.85. The number of carbonyl (C=O) groups excluding carboxylic acids is 1. The lowest BCUT2D eigenvalue weighted by atomic mass is 10.1. The maximum atomic E-state index is 12.4. The van der Waals surface area contributed by atoms with E-state index in [-0.39, 0.29) is 5.91 Å². The van der Waals surface area contributed by atoms with Crippen molar-refractivity contribution in [1.82, 2.24) is 19.6 Å². The van der Waals surface area contributed by atoms with E-state index in [2.05, 4.69) is 34.6 Å². The number of benzene rings is 1. The Morgan fingerprint density at radius 2 is 1.92 bits per heavy atom. The smallest absolute Gasteiger partial charge is 0.274 e. The van der Waals surface area contributed by atoms with Gasteiger partial charge in [0.2, 0.25) is 0 Å². The van der Waals surface area contributed by atoms with Gasteiger partial charge in [-0.3, -0.25) is 14.2 Å². The molecule has 1 aromatic carbocycles. The Labute approximate surface area is 141 Å². The van der Waals surface area contributed by atoms with Crippen LogP contribution in [0.1, 0.15) is 33.0 Å². The molecule has 1 N–H and O–H groups in total. The second kappa shape index (κ2) is 6.31. The van der Waals surface area contributed by atoms with E-state index in [1.807, 2.05) is 30.7 Å². The van der Waals surface area contributed by atoms with Crippen LogP contribution in [0.3, 0.4) is 0 Å². The van der Waals surface area contributed by atoms with Gasteiger partial charge in [0, 0.05) is 13.2 Å². The number of anilines is 1. The van der Waals surface area contributed by atoms with Gasteiger partial charge in [-0.15, -0.1) is 0 Å². The van der Waals surface area contributed by atoms with Gasteiger partial charge < -0.3 is 5.32 Å². The topological polar surface area (TPSA) is 64.7 Å². The van der Waals surface area contributed by atoms with Crippen LogP contribution in [0.15, 0.2) is 36.5 Å². The molecule has 0 aliphatic heterocycles. The minimum absolute atomic E-state index is 0.184. The molecule has 124 valence electrons. The van der Waals surface area contributed by atoms with Crippen molar-refractivity contribution in [3.8, 4) is 0 Å². The Hall–Kier alpha value is -2.89. The van der Waals surface area contributed by atoms with Crippen LogP contribution in [0.5, 0.6) is 0 Å². The van der Waals surface area contributed by atoms with Crippen LogP contribution in [0.25, 0.3) is 0 Å². The molecule has 0 unspecified atom stereocenters. The van der Waals surface area contributed by atoms with Crippen molar-refractivity contribution in [3.05, 3.63) is 64.7 Å². The third kappa shape index (κ3) is 2.95. The number of hydrogen-bond donors (Lipinski definition) is 1. The van der Waals surface area contributed by atoms with Gasteiger partial charge in [0.25, 0.3) is 5.91 Å². The van der Waals surface area contributed by atoms with E-state index >= 15 is 0 Å². The Bertz CT molecular complexity index is 891. The summed E-state index contributed by atoms with van der Waals surface area (Å²) in [6, 6.07) is 9.93. The zero-order valence-electron chi connectivity index (χ0n) is 14.4. The molecule has 2 heterocycles. The molecule has 0 spiro atoms. The van der Waals surface area contributed by atoms with E-state index in [0.717, 1.165) is 17.1 Å². The third-order valence-corrected chi connectivity index (χ3v) is 4.25. The minimum Gasteiger partial charge on any atom is -0.317 e. The van der Waals surface area contributed by atoms with Crippen molar-refractivity contribution in [2.45, 2.75) is 27.3 Å². The van der Waals surface area contributed by atoms with Crippen LogP contribution in [0, 0.1) is 20.8 Å². The molecular weight excluding hydrogens is 302 g/mol. The molecule has 0 bridgehead atoms. The molecule has 0 aliphatic carbocycles. The summed E-state index contributed by atoms with van der Waals surface area (Å²) in [5.41, 5.74) is 5.45. The largest absolute Gasteiger partial charge is 0.317 e. The molecule has 1 amide bonds. The lowest BCUT2D eigenvalue weighted by Gasteiger charge is -2.09. The van der Waals surface area contributed by atoms with Gasteiger partial charge in [-0.05, 0) is 38.0 Å². The molecule has 0 aliphatic rings. The molecule has 6 heteroatoms. The lowest BCUT2D eigenvalue weighted by molar-refractivity contribution is 0.101. The van der Waals surface area contributed by atoms with Crippen LogP contribution in [0.4, 0.5) is 5.69 Å². The number of carbonyl (C=O) groups is 1. The zero-order valence-corrected chi connectivity index (χ0v) is 14.4. The summed E-state index contributed by atoms with van der Waals surface area (Å²) < 4.78 is 3.48. The van der Waals surface area contributed by atoms with Gasteiger partial charge in [0.05, 0.1) is 23.6 Å². The van der Waals surface area contributed by atoms with Crippen LogP contribution in [-0.4, -0.2) is 25.5 Å². The summed E-state index contributed by atoms with van der Waals surface area (Å²) in [4.78, 5) is 12.4. The van der Waals surface area contributed by atoms with Crippen LogP contribution < -0.4 is 5.32 Å². The second-order valence-electron chi connectivity index (χ2n) is 5.92. The van der Waals surface area contributed by atoms with E-state index < -0.39 is 0 Å². The summed E-state index contributed by atoms with van der Waals surface area (Å²) in [7, 11) is 1.75. The van der Waals surface area contributed by atoms with Crippen molar-refractivity contribution in [1.29, 1.82) is 0 Å². The minimum atomic E-state index is -0.184. The van der Waals surface area contributed by atoms with Crippen molar-refractivity contribution >= 4 is 11.6 Å². The maximum Gasteiger partial charge on any atom is 0.274 e. The molecule has 0 atom stereocenters. The monoisotopic (exact) mass is 323 g/mol. The molecule has 3 aromatic rings. The summed E-state index contributed by atoms with van der Waals surface area (Å²) in [6.45, 7) is 6.64. The summed E-state index contributed by atoms with van der Waals surface area (Å²) in [6.07, 6.45) is 1.61. The van der Waals surface area contributed by atoms with Crippen LogP contribution >= 0.6 is 0 Å². The van der Waals surface area contributed by atoms with Crippen molar-refractivity contribution in [3.63, 3.8) is 0 Å². The van der Waals surface area contributed by atoms with E-state index in [4.69, 9.17) is 0 Å². The van der Waals surface area contributed by atoms with Gasteiger partial charge in [0.15, 0.2) is 0 Å². The highest BCUT2D eigenvalue weighted by Crippen LogP contribution is 2.22. The zero-order chi connectivity index (χ0) is 17.3. The lowest BCUT2D eigenvalue weighted by Crippen LogP contribution is -2.17. The number of hydrogen-bond acceptors (Lipinski definition) is 3. The Kier molecular flexibility index (Phi) is 4.20. The summed E-state index contributed by atoms with van der Waals surface area (Å²) >= 11 is 0. The number of aromatic nitrogens is 4. The highest BCUT2D eigenvalue weighted by molar-refractivity contribution is 6.03. The maximum absolute atomic E-state index is 12.4. The van der Waals surface area contributed by atoms with Crippen molar-refractivity contribution < 1.29 is 4.79 Å². The highest BCUT2D eigenvalue weighted by atomic mass is 16.2. The average molecular weight is 323 g/mol.